The minimum atomic E-state index is -2.16. The first kappa shape index (κ1) is 18.6. The van der Waals surface area contributed by atoms with Crippen molar-refractivity contribution in [3.8, 4) is 5.75 Å². The summed E-state index contributed by atoms with van der Waals surface area (Å²) in [4.78, 5) is 0. The molecule has 0 N–H and O–H groups in total. The summed E-state index contributed by atoms with van der Waals surface area (Å²) in [5, 5.41) is 0. The molecule has 24 heavy (non-hydrogen) atoms. The average molecular weight is 338 g/mol. The normalized spacial score (nSPS) is 21.0. The van der Waals surface area contributed by atoms with E-state index in [1.54, 1.807) is 0 Å². The van der Waals surface area contributed by atoms with Crippen molar-refractivity contribution in [2.75, 3.05) is 6.61 Å². The van der Waals surface area contributed by atoms with Crippen LogP contribution in [-0.4, -0.2) is 6.61 Å². The third-order valence-corrected chi connectivity index (χ3v) is 4.64. The van der Waals surface area contributed by atoms with Crippen molar-refractivity contribution in [3.63, 3.8) is 0 Å². The Morgan fingerprint density at radius 1 is 1.08 bits per heavy atom. The fourth-order valence-corrected chi connectivity index (χ4v) is 3.23. The van der Waals surface area contributed by atoms with Gasteiger partial charge in [-0.3, -0.25) is 0 Å². The van der Waals surface area contributed by atoms with Gasteiger partial charge in [-0.05, 0) is 69.1 Å². The Morgan fingerprint density at radius 2 is 1.75 bits per heavy atom. The van der Waals surface area contributed by atoms with Gasteiger partial charge in [0.2, 0.25) is 0 Å². The highest BCUT2D eigenvalue weighted by molar-refractivity contribution is 5.29. The van der Waals surface area contributed by atoms with Gasteiger partial charge in [-0.15, -0.1) is 0 Å². The molecule has 1 aliphatic carbocycles. The van der Waals surface area contributed by atoms with Crippen molar-refractivity contribution < 1.29 is 17.9 Å². The lowest BCUT2D eigenvalue weighted by Crippen LogP contribution is -2.14. The molecule has 1 nitrogen and oxygen atoms in total. The SMILES string of the molecule is C/C=C/CCCOc1ccc(C2CCC(C(F)=C(F)F)CC2)cc1. The zero-order valence-corrected chi connectivity index (χ0v) is 14.1. The second-order valence-corrected chi connectivity index (χ2v) is 6.29. The summed E-state index contributed by atoms with van der Waals surface area (Å²) in [5.74, 6) is -0.650. The van der Waals surface area contributed by atoms with Gasteiger partial charge in [-0.25, -0.2) is 4.39 Å². The summed E-state index contributed by atoms with van der Waals surface area (Å²) in [6.45, 7) is 2.70. The number of benzene rings is 1. The minimum absolute atomic E-state index is 0.320. The molecule has 0 radical (unpaired) electrons. The smallest absolute Gasteiger partial charge is 0.301 e. The average Bonchev–Trinajstić information content (AvgIpc) is 2.61. The standard InChI is InChI=1S/C20H25F3O/c1-2-3-4-5-14-24-18-12-10-16(11-13-18)15-6-8-17(9-7-15)19(21)20(22)23/h2-3,10-13,15,17H,4-9,14H2,1H3/b3-2+. The number of unbranched alkanes of at least 4 members (excludes halogenated alkanes) is 1. The molecule has 4 heteroatoms. The Hall–Kier alpha value is -1.71. The number of ether oxygens (including phenoxy) is 1. The Kier molecular flexibility index (Phi) is 7.41. The Bertz CT molecular complexity index is 551. The maximum Gasteiger partial charge on any atom is 0.301 e. The van der Waals surface area contributed by atoms with Gasteiger partial charge >= 0.3 is 6.08 Å². The van der Waals surface area contributed by atoms with E-state index in [1.165, 1.54) is 5.56 Å². The van der Waals surface area contributed by atoms with Crippen LogP contribution in [-0.2, 0) is 0 Å². The molecule has 0 aromatic heterocycles. The van der Waals surface area contributed by atoms with Crippen molar-refractivity contribution in [1.82, 2.24) is 0 Å². The van der Waals surface area contributed by atoms with Gasteiger partial charge in [0.15, 0.2) is 5.83 Å². The highest BCUT2D eigenvalue weighted by Crippen LogP contribution is 2.40. The molecule has 0 aliphatic heterocycles. The van der Waals surface area contributed by atoms with E-state index in [0.29, 0.717) is 25.4 Å². The van der Waals surface area contributed by atoms with Gasteiger partial charge in [0.25, 0.3) is 0 Å². The molecule has 1 aromatic rings. The minimum Gasteiger partial charge on any atom is -0.494 e. The van der Waals surface area contributed by atoms with Crippen molar-refractivity contribution in [1.29, 1.82) is 0 Å². The second kappa shape index (κ2) is 9.55. The molecule has 1 fully saturated rings. The fraction of sp³-hybridized carbons (Fsp3) is 0.500. The van der Waals surface area contributed by atoms with Crippen molar-refractivity contribution in [2.24, 2.45) is 5.92 Å². The molecular formula is C20H25F3O. The van der Waals surface area contributed by atoms with Crippen molar-refractivity contribution in [2.45, 2.75) is 51.4 Å². The molecule has 2 rings (SSSR count). The molecular weight excluding hydrogens is 313 g/mol. The van der Waals surface area contributed by atoms with Crippen molar-refractivity contribution >= 4 is 0 Å². The molecule has 0 bridgehead atoms. The summed E-state index contributed by atoms with van der Waals surface area (Å²) in [6.07, 6.45) is 6.46. The monoisotopic (exact) mass is 338 g/mol. The van der Waals surface area contributed by atoms with E-state index >= 15 is 0 Å². The number of halogens is 3. The third-order valence-electron chi connectivity index (χ3n) is 4.64. The number of rotatable bonds is 7. The van der Waals surface area contributed by atoms with Crippen LogP contribution in [0.3, 0.4) is 0 Å². The van der Waals surface area contributed by atoms with E-state index < -0.39 is 17.8 Å². The summed E-state index contributed by atoms with van der Waals surface area (Å²) in [5.41, 5.74) is 1.18. The Balaban J connectivity index is 1.81. The van der Waals surface area contributed by atoms with Crippen LogP contribution in [0.25, 0.3) is 0 Å². The highest BCUT2D eigenvalue weighted by Gasteiger charge is 2.27. The van der Waals surface area contributed by atoms with E-state index in [1.807, 2.05) is 37.3 Å². The maximum atomic E-state index is 13.3. The van der Waals surface area contributed by atoms with Crippen LogP contribution in [0.1, 0.15) is 56.9 Å². The molecule has 0 atom stereocenters. The number of allylic oxidation sites excluding steroid dienone is 3. The van der Waals surface area contributed by atoms with Gasteiger partial charge in [0.05, 0.1) is 6.61 Å². The molecule has 0 unspecified atom stereocenters. The highest BCUT2D eigenvalue weighted by atomic mass is 19.3. The molecule has 1 aliphatic rings. The van der Waals surface area contributed by atoms with Gasteiger partial charge in [0.1, 0.15) is 5.75 Å². The van der Waals surface area contributed by atoms with Crippen LogP contribution in [0.15, 0.2) is 48.3 Å². The van der Waals surface area contributed by atoms with Crippen LogP contribution >= 0.6 is 0 Å². The molecule has 0 heterocycles. The van der Waals surface area contributed by atoms with E-state index in [2.05, 4.69) is 6.08 Å². The fourth-order valence-electron chi connectivity index (χ4n) is 3.23. The number of hydrogen-bond donors (Lipinski definition) is 0. The predicted molar refractivity (Wildman–Crippen MR) is 91.0 cm³/mol. The Morgan fingerprint density at radius 3 is 2.33 bits per heavy atom. The first-order valence-corrected chi connectivity index (χ1v) is 8.66. The topological polar surface area (TPSA) is 9.23 Å². The maximum absolute atomic E-state index is 13.3. The quantitative estimate of drug-likeness (QED) is 0.393. The van der Waals surface area contributed by atoms with Crippen LogP contribution < -0.4 is 4.74 Å². The van der Waals surface area contributed by atoms with Gasteiger partial charge in [-0.2, -0.15) is 8.78 Å². The van der Waals surface area contributed by atoms with Crippen LogP contribution in [0, 0.1) is 5.92 Å². The van der Waals surface area contributed by atoms with Crippen LogP contribution in [0.2, 0.25) is 0 Å². The third kappa shape index (κ3) is 5.43. The molecule has 1 aromatic carbocycles. The predicted octanol–water partition coefficient (Wildman–Crippen LogP) is 6.77. The first-order valence-electron chi connectivity index (χ1n) is 8.66. The summed E-state index contributed by atoms with van der Waals surface area (Å²) in [7, 11) is 0. The lowest BCUT2D eigenvalue weighted by molar-refractivity contribution is 0.281. The largest absolute Gasteiger partial charge is 0.494 e. The molecule has 0 amide bonds. The summed E-state index contributed by atoms with van der Waals surface area (Å²) >= 11 is 0. The lowest BCUT2D eigenvalue weighted by atomic mass is 9.78. The molecule has 0 spiro atoms. The summed E-state index contributed by atoms with van der Waals surface area (Å²) in [6, 6.07) is 7.99. The Labute approximate surface area is 142 Å². The van der Waals surface area contributed by atoms with Crippen molar-refractivity contribution in [3.05, 3.63) is 53.9 Å². The van der Waals surface area contributed by atoms with Crippen LogP contribution in [0.5, 0.6) is 5.75 Å². The van der Waals surface area contributed by atoms with Gasteiger partial charge in [-0.1, -0.05) is 24.3 Å². The number of hydrogen-bond acceptors (Lipinski definition) is 1. The van der Waals surface area contributed by atoms with Crippen LogP contribution in [0.4, 0.5) is 13.2 Å². The molecule has 1 saturated carbocycles. The molecule has 0 saturated heterocycles. The van der Waals surface area contributed by atoms with E-state index in [-0.39, 0.29) is 0 Å². The second-order valence-electron chi connectivity index (χ2n) is 6.29. The van der Waals surface area contributed by atoms with Gasteiger partial charge in [0, 0.05) is 5.92 Å². The first-order chi connectivity index (χ1) is 11.6. The van der Waals surface area contributed by atoms with E-state index in [4.69, 9.17) is 4.74 Å². The van der Waals surface area contributed by atoms with Gasteiger partial charge < -0.3 is 4.74 Å². The van der Waals surface area contributed by atoms with E-state index in [9.17, 15) is 13.2 Å². The zero-order valence-electron chi connectivity index (χ0n) is 14.1. The summed E-state index contributed by atoms with van der Waals surface area (Å²) < 4.78 is 43.7. The van der Waals surface area contributed by atoms with E-state index in [0.717, 1.165) is 31.4 Å². The lowest BCUT2D eigenvalue weighted by Gasteiger charge is -2.27. The molecule has 132 valence electrons. The zero-order chi connectivity index (χ0) is 17.4.